The maximum Gasteiger partial charge on any atom is 0.264 e. The number of nitrogens with one attached hydrogen (secondary N) is 1. The zero-order chi connectivity index (χ0) is 19.2. The van der Waals surface area contributed by atoms with E-state index < -0.39 is 0 Å². The van der Waals surface area contributed by atoms with Crippen LogP contribution >= 0.6 is 23.4 Å². The molecule has 1 saturated heterocycles. The maximum atomic E-state index is 12.2. The molecule has 0 unspecified atom stereocenters. The van der Waals surface area contributed by atoms with Crippen LogP contribution in [0.4, 0.5) is 5.69 Å². The molecule has 0 radical (unpaired) electrons. The lowest BCUT2D eigenvalue weighted by Crippen LogP contribution is -2.19. The van der Waals surface area contributed by atoms with Gasteiger partial charge in [0.1, 0.15) is 6.61 Å². The van der Waals surface area contributed by atoms with Gasteiger partial charge in [0.25, 0.3) is 5.91 Å². The highest BCUT2D eigenvalue weighted by molar-refractivity contribution is 8.18. The molecule has 1 amide bonds. The van der Waals surface area contributed by atoms with E-state index in [1.807, 2.05) is 12.1 Å². The minimum Gasteiger partial charge on any atom is -0.493 e. The van der Waals surface area contributed by atoms with Crippen molar-refractivity contribution in [2.45, 2.75) is 0 Å². The Kier molecular flexibility index (Phi) is 6.39. The highest BCUT2D eigenvalue weighted by Gasteiger charge is 2.24. The van der Waals surface area contributed by atoms with Crippen molar-refractivity contribution in [1.82, 2.24) is 5.32 Å². The number of rotatable bonds is 6. The van der Waals surface area contributed by atoms with Crippen molar-refractivity contribution >= 4 is 46.2 Å². The van der Waals surface area contributed by atoms with Crippen LogP contribution in [0.3, 0.4) is 0 Å². The van der Waals surface area contributed by atoms with Gasteiger partial charge in [-0.3, -0.25) is 4.79 Å². The predicted molar refractivity (Wildman–Crippen MR) is 108 cm³/mol. The molecule has 0 bridgehead atoms. The molecule has 0 atom stereocenters. The highest BCUT2D eigenvalue weighted by Crippen LogP contribution is 2.33. The molecular weight excluding hydrogens is 388 g/mol. The summed E-state index contributed by atoms with van der Waals surface area (Å²) in [6, 6.07) is 12.5. The molecule has 0 aliphatic carbocycles. The number of hydrogen-bond donors (Lipinski definition) is 2. The number of aliphatic imine (C=N–C) groups is 1. The standard InChI is InChI=1S/C19H17ClN2O4S/c1-25-16-10-12(6-7-15(16)26-9-8-23)11-17-18(24)22-19(27-17)21-14-5-3-2-4-13(14)20/h2-7,10-11,23H,8-9H2,1H3,(H,21,22,24)/b17-11+. The normalized spacial score (nSPS) is 16.6. The maximum absolute atomic E-state index is 12.2. The Balaban J connectivity index is 1.81. The van der Waals surface area contributed by atoms with E-state index in [1.165, 1.54) is 18.9 Å². The average molecular weight is 405 g/mol. The van der Waals surface area contributed by atoms with E-state index in [2.05, 4.69) is 10.3 Å². The lowest BCUT2D eigenvalue weighted by molar-refractivity contribution is -0.115. The molecule has 2 aromatic rings. The van der Waals surface area contributed by atoms with Gasteiger partial charge in [-0.1, -0.05) is 29.8 Å². The van der Waals surface area contributed by atoms with Crippen molar-refractivity contribution in [2.75, 3.05) is 20.3 Å². The number of hydrogen-bond acceptors (Lipinski definition) is 6. The van der Waals surface area contributed by atoms with Crippen molar-refractivity contribution in [3.63, 3.8) is 0 Å². The summed E-state index contributed by atoms with van der Waals surface area (Å²) >= 11 is 7.34. The van der Waals surface area contributed by atoms with Gasteiger partial charge in [0.2, 0.25) is 0 Å². The highest BCUT2D eigenvalue weighted by atomic mass is 35.5. The fourth-order valence-electron chi connectivity index (χ4n) is 2.33. The number of carbonyl (C=O) groups excluding carboxylic acids is 1. The van der Waals surface area contributed by atoms with Gasteiger partial charge in [-0.2, -0.15) is 0 Å². The van der Waals surface area contributed by atoms with Gasteiger partial charge in [0.15, 0.2) is 16.7 Å². The van der Waals surface area contributed by atoms with E-state index in [0.717, 1.165) is 5.56 Å². The van der Waals surface area contributed by atoms with Crippen LogP contribution in [0.5, 0.6) is 11.5 Å². The molecule has 0 spiro atoms. The number of benzene rings is 2. The Morgan fingerprint density at radius 1 is 1.26 bits per heavy atom. The third-order valence-corrected chi connectivity index (χ3v) is 4.79. The molecule has 2 aromatic carbocycles. The Labute approximate surface area is 165 Å². The van der Waals surface area contributed by atoms with Crippen LogP contribution in [0.2, 0.25) is 5.02 Å². The van der Waals surface area contributed by atoms with Gasteiger partial charge in [-0.15, -0.1) is 0 Å². The van der Waals surface area contributed by atoms with Crippen LogP contribution in [0, 0.1) is 0 Å². The van der Waals surface area contributed by atoms with Crippen molar-refractivity contribution in [1.29, 1.82) is 0 Å². The van der Waals surface area contributed by atoms with E-state index in [0.29, 0.717) is 32.3 Å². The molecule has 6 nitrogen and oxygen atoms in total. The summed E-state index contributed by atoms with van der Waals surface area (Å²) < 4.78 is 10.7. The number of carbonyl (C=O) groups is 1. The fraction of sp³-hybridized carbons (Fsp3) is 0.158. The van der Waals surface area contributed by atoms with Crippen molar-refractivity contribution < 1.29 is 19.4 Å². The van der Waals surface area contributed by atoms with E-state index >= 15 is 0 Å². The number of aliphatic hydroxyl groups is 1. The summed E-state index contributed by atoms with van der Waals surface area (Å²) in [5.74, 6) is 0.815. The number of amidine groups is 1. The van der Waals surface area contributed by atoms with Gasteiger partial charge in [-0.25, -0.2) is 4.99 Å². The summed E-state index contributed by atoms with van der Waals surface area (Å²) in [6.07, 6.45) is 1.74. The summed E-state index contributed by atoms with van der Waals surface area (Å²) in [5.41, 5.74) is 1.37. The van der Waals surface area contributed by atoms with Crippen LogP contribution in [0.25, 0.3) is 6.08 Å². The quantitative estimate of drug-likeness (QED) is 0.719. The van der Waals surface area contributed by atoms with E-state index in [1.54, 1.807) is 36.4 Å². The lowest BCUT2D eigenvalue weighted by atomic mass is 10.2. The molecule has 2 N–H and O–H groups in total. The number of halogens is 1. The monoisotopic (exact) mass is 404 g/mol. The first-order valence-electron chi connectivity index (χ1n) is 8.06. The summed E-state index contributed by atoms with van der Waals surface area (Å²) in [6.45, 7) is 0.0935. The fourth-order valence-corrected chi connectivity index (χ4v) is 3.35. The first-order chi connectivity index (χ1) is 13.1. The largest absolute Gasteiger partial charge is 0.493 e. The van der Waals surface area contributed by atoms with Gasteiger partial charge in [0.05, 0.1) is 29.3 Å². The molecular formula is C19H17ClN2O4S. The van der Waals surface area contributed by atoms with E-state index in [-0.39, 0.29) is 19.1 Å². The number of aliphatic hydroxyl groups excluding tert-OH is 1. The number of ether oxygens (including phenoxy) is 2. The van der Waals surface area contributed by atoms with Crippen molar-refractivity contribution in [2.24, 2.45) is 4.99 Å². The second kappa shape index (κ2) is 8.94. The van der Waals surface area contributed by atoms with Crippen LogP contribution in [-0.4, -0.2) is 36.5 Å². The van der Waals surface area contributed by atoms with Gasteiger partial charge in [-0.05, 0) is 47.7 Å². The van der Waals surface area contributed by atoms with Crippen molar-refractivity contribution in [3.8, 4) is 11.5 Å². The number of methoxy groups -OCH3 is 1. The van der Waals surface area contributed by atoms with Crippen LogP contribution in [0.1, 0.15) is 5.56 Å². The zero-order valence-corrected chi connectivity index (χ0v) is 16.0. The molecule has 140 valence electrons. The molecule has 8 heteroatoms. The average Bonchev–Trinajstić information content (AvgIpc) is 3.01. The minimum absolute atomic E-state index is 0.0840. The Morgan fingerprint density at radius 3 is 2.81 bits per heavy atom. The summed E-state index contributed by atoms with van der Waals surface area (Å²) in [4.78, 5) is 17.1. The van der Waals surface area contributed by atoms with Crippen LogP contribution < -0.4 is 14.8 Å². The molecule has 0 aromatic heterocycles. The smallest absolute Gasteiger partial charge is 0.264 e. The number of thioether (sulfide) groups is 1. The molecule has 27 heavy (non-hydrogen) atoms. The second-order valence-electron chi connectivity index (χ2n) is 5.42. The van der Waals surface area contributed by atoms with Gasteiger partial charge in [0, 0.05) is 0 Å². The lowest BCUT2D eigenvalue weighted by Gasteiger charge is -2.10. The Bertz CT molecular complexity index is 914. The van der Waals surface area contributed by atoms with E-state index in [4.69, 9.17) is 26.2 Å². The number of amides is 1. The topological polar surface area (TPSA) is 80.2 Å². The second-order valence-corrected chi connectivity index (χ2v) is 6.85. The summed E-state index contributed by atoms with van der Waals surface area (Å²) in [5, 5.41) is 12.6. The number of nitrogens with zero attached hydrogens (tertiary/aromatic N) is 1. The number of para-hydroxylation sites is 1. The molecule has 0 saturated carbocycles. The zero-order valence-electron chi connectivity index (χ0n) is 14.4. The third kappa shape index (κ3) is 4.82. The SMILES string of the molecule is COc1cc(/C=C2/SC(=Nc3ccccc3Cl)NC2=O)ccc1OCCO. The van der Waals surface area contributed by atoms with Crippen LogP contribution in [0.15, 0.2) is 52.4 Å². The van der Waals surface area contributed by atoms with Crippen molar-refractivity contribution in [3.05, 3.63) is 58.0 Å². The van der Waals surface area contributed by atoms with Gasteiger partial charge < -0.3 is 19.9 Å². The molecule has 1 fully saturated rings. The third-order valence-electron chi connectivity index (χ3n) is 3.56. The minimum atomic E-state index is -0.231. The van der Waals surface area contributed by atoms with E-state index in [9.17, 15) is 4.79 Å². The molecule has 1 aliphatic rings. The Hall–Kier alpha value is -2.48. The molecule has 1 heterocycles. The molecule has 3 rings (SSSR count). The predicted octanol–water partition coefficient (Wildman–Crippen LogP) is 3.61. The summed E-state index contributed by atoms with van der Waals surface area (Å²) in [7, 11) is 1.53. The van der Waals surface area contributed by atoms with Crippen LogP contribution in [-0.2, 0) is 4.79 Å². The molecule has 1 aliphatic heterocycles. The Morgan fingerprint density at radius 2 is 2.07 bits per heavy atom. The first-order valence-corrected chi connectivity index (χ1v) is 9.26. The van der Waals surface area contributed by atoms with Gasteiger partial charge >= 0.3 is 0 Å². The first kappa shape index (κ1) is 19.3.